The van der Waals surface area contributed by atoms with Crippen molar-refractivity contribution in [2.45, 2.75) is 38.8 Å². The van der Waals surface area contributed by atoms with Crippen molar-refractivity contribution >= 4 is 0 Å². The van der Waals surface area contributed by atoms with Gasteiger partial charge in [-0.3, -0.25) is 0 Å². The third kappa shape index (κ3) is 4.43. The van der Waals surface area contributed by atoms with E-state index in [1.165, 1.54) is 0 Å². The standard InChI is InChI=1S/C7H17NO/c1-4-7(8-3)5-6(2)9/h6-9H,4-5H2,1-3H3. The van der Waals surface area contributed by atoms with Gasteiger partial charge >= 0.3 is 0 Å². The smallest absolute Gasteiger partial charge is 0.0526 e. The summed E-state index contributed by atoms with van der Waals surface area (Å²) in [5, 5.41) is 12.1. The first kappa shape index (κ1) is 8.92. The predicted molar refractivity (Wildman–Crippen MR) is 39.4 cm³/mol. The summed E-state index contributed by atoms with van der Waals surface area (Å²) in [6.07, 6.45) is 1.76. The van der Waals surface area contributed by atoms with Crippen molar-refractivity contribution in [3.8, 4) is 0 Å². The Labute approximate surface area is 57.3 Å². The summed E-state index contributed by atoms with van der Waals surface area (Å²) < 4.78 is 0. The van der Waals surface area contributed by atoms with Gasteiger partial charge in [0.2, 0.25) is 0 Å². The highest BCUT2D eigenvalue weighted by molar-refractivity contribution is 4.64. The zero-order chi connectivity index (χ0) is 7.28. The van der Waals surface area contributed by atoms with Gasteiger partial charge in [-0.1, -0.05) is 6.92 Å². The van der Waals surface area contributed by atoms with Crippen LogP contribution in [0.3, 0.4) is 0 Å². The van der Waals surface area contributed by atoms with Crippen LogP contribution in [-0.2, 0) is 0 Å². The van der Waals surface area contributed by atoms with Crippen LogP contribution in [0.25, 0.3) is 0 Å². The van der Waals surface area contributed by atoms with Crippen LogP contribution in [0.2, 0.25) is 0 Å². The average molecular weight is 131 g/mol. The minimum atomic E-state index is -0.178. The lowest BCUT2D eigenvalue weighted by molar-refractivity contribution is 0.168. The predicted octanol–water partition coefficient (Wildman–Crippen LogP) is 0.755. The van der Waals surface area contributed by atoms with Gasteiger partial charge in [-0.15, -0.1) is 0 Å². The maximum Gasteiger partial charge on any atom is 0.0526 e. The SMILES string of the molecule is CCC(CC(C)O)NC. The molecule has 0 aromatic heterocycles. The van der Waals surface area contributed by atoms with Crippen molar-refractivity contribution in [3.63, 3.8) is 0 Å². The molecule has 0 radical (unpaired) electrons. The van der Waals surface area contributed by atoms with Gasteiger partial charge in [-0.25, -0.2) is 0 Å². The van der Waals surface area contributed by atoms with Gasteiger partial charge in [0.25, 0.3) is 0 Å². The molecule has 2 nitrogen and oxygen atoms in total. The molecule has 0 heterocycles. The number of aliphatic hydroxyl groups excluding tert-OH is 1. The molecular formula is C7H17NO. The number of aliphatic hydroxyl groups is 1. The summed E-state index contributed by atoms with van der Waals surface area (Å²) in [4.78, 5) is 0. The maximum absolute atomic E-state index is 8.94. The molecule has 0 aromatic carbocycles. The van der Waals surface area contributed by atoms with Crippen LogP contribution < -0.4 is 5.32 Å². The molecule has 0 saturated heterocycles. The fourth-order valence-electron chi connectivity index (χ4n) is 0.900. The van der Waals surface area contributed by atoms with Crippen molar-refractivity contribution in [1.29, 1.82) is 0 Å². The van der Waals surface area contributed by atoms with Crippen LogP contribution in [-0.4, -0.2) is 24.3 Å². The minimum Gasteiger partial charge on any atom is -0.393 e. The lowest BCUT2D eigenvalue weighted by Gasteiger charge is -2.14. The van der Waals surface area contributed by atoms with Gasteiger partial charge in [0.05, 0.1) is 6.10 Å². The van der Waals surface area contributed by atoms with E-state index in [-0.39, 0.29) is 6.10 Å². The van der Waals surface area contributed by atoms with Gasteiger partial charge in [-0.2, -0.15) is 0 Å². The first-order chi connectivity index (χ1) is 4.20. The van der Waals surface area contributed by atoms with Crippen molar-refractivity contribution in [1.82, 2.24) is 5.32 Å². The highest BCUT2D eigenvalue weighted by Gasteiger charge is 2.05. The molecule has 0 bridgehead atoms. The van der Waals surface area contributed by atoms with E-state index in [4.69, 9.17) is 5.11 Å². The third-order valence-electron chi connectivity index (χ3n) is 1.53. The van der Waals surface area contributed by atoms with Crippen LogP contribution in [0, 0.1) is 0 Å². The Balaban J connectivity index is 3.31. The van der Waals surface area contributed by atoms with Crippen molar-refractivity contribution in [2.24, 2.45) is 0 Å². The molecule has 0 spiro atoms. The van der Waals surface area contributed by atoms with Gasteiger partial charge in [0, 0.05) is 6.04 Å². The molecule has 0 aliphatic rings. The van der Waals surface area contributed by atoms with E-state index in [0.29, 0.717) is 6.04 Å². The normalized spacial score (nSPS) is 17.3. The van der Waals surface area contributed by atoms with Crippen LogP contribution in [0.1, 0.15) is 26.7 Å². The lowest BCUT2D eigenvalue weighted by atomic mass is 10.1. The zero-order valence-electron chi connectivity index (χ0n) is 6.52. The number of rotatable bonds is 4. The van der Waals surface area contributed by atoms with Crippen LogP contribution >= 0.6 is 0 Å². The summed E-state index contributed by atoms with van der Waals surface area (Å²) in [6.45, 7) is 3.93. The average Bonchev–Trinajstić information content (AvgIpc) is 1.82. The molecule has 0 saturated carbocycles. The molecule has 0 fully saturated rings. The Bertz CT molecular complexity index is 59.9. The van der Waals surface area contributed by atoms with E-state index in [2.05, 4.69) is 12.2 Å². The number of hydrogen-bond acceptors (Lipinski definition) is 2. The minimum absolute atomic E-state index is 0.178. The highest BCUT2D eigenvalue weighted by atomic mass is 16.3. The fourth-order valence-corrected chi connectivity index (χ4v) is 0.900. The molecule has 0 aliphatic carbocycles. The Morgan fingerprint density at radius 1 is 1.56 bits per heavy atom. The van der Waals surface area contributed by atoms with Gasteiger partial charge in [0.15, 0.2) is 0 Å². The second-order valence-corrected chi connectivity index (χ2v) is 2.48. The molecule has 0 rings (SSSR count). The van der Waals surface area contributed by atoms with E-state index in [1.54, 1.807) is 0 Å². The molecule has 2 heteroatoms. The van der Waals surface area contributed by atoms with Crippen molar-refractivity contribution in [2.75, 3.05) is 7.05 Å². The van der Waals surface area contributed by atoms with Gasteiger partial charge in [0.1, 0.15) is 0 Å². The summed E-state index contributed by atoms with van der Waals surface area (Å²) in [7, 11) is 1.93. The Hall–Kier alpha value is -0.0800. The molecule has 2 unspecified atom stereocenters. The molecule has 0 aromatic rings. The maximum atomic E-state index is 8.94. The molecule has 0 amide bonds. The molecule has 56 valence electrons. The Morgan fingerprint density at radius 2 is 2.11 bits per heavy atom. The highest BCUT2D eigenvalue weighted by Crippen LogP contribution is 1.99. The fraction of sp³-hybridized carbons (Fsp3) is 1.00. The molecule has 9 heavy (non-hydrogen) atoms. The first-order valence-electron chi connectivity index (χ1n) is 3.56. The third-order valence-corrected chi connectivity index (χ3v) is 1.53. The van der Waals surface area contributed by atoms with E-state index in [0.717, 1.165) is 12.8 Å². The summed E-state index contributed by atoms with van der Waals surface area (Å²) >= 11 is 0. The molecule has 2 N–H and O–H groups in total. The first-order valence-corrected chi connectivity index (χ1v) is 3.56. The second-order valence-electron chi connectivity index (χ2n) is 2.48. The van der Waals surface area contributed by atoms with E-state index in [1.807, 2.05) is 14.0 Å². The van der Waals surface area contributed by atoms with Crippen molar-refractivity contribution in [3.05, 3.63) is 0 Å². The van der Waals surface area contributed by atoms with E-state index < -0.39 is 0 Å². The van der Waals surface area contributed by atoms with Crippen LogP contribution in [0.15, 0.2) is 0 Å². The number of nitrogens with one attached hydrogen (secondary N) is 1. The lowest BCUT2D eigenvalue weighted by Crippen LogP contribution is -2.27. The van der Waals surface area contributed by atoms with Crippen LogP contribution in [0.4, 0.5) is 0 Å². The molecular weight excluding hydrogens is 114 g/mol. The Morgan fingerprint density at radius 3 is 2.22 bits per heavy atom. The largest absolute Gasteiger partial charge is 0.393 e. The zero-order valence-corrected chi connectivity index (χ0v) is 6.52. The molecule has 2 atom stereocenters. The quantitative estimate of drug-likeness (QED) is 0.590. The van der Waals surface area contributed by atoms with Gasteiger partial charge in [-0.05, 0) is 26.8 Å². The monoisotopic (exact) mass is 131 g/mol. The molecule has 0 aliphatic heterocycles. The van der Waals surface area contributed by atoms with Gasteiger partial charge < -0.3 is 10.4 Å². The number of hydrogen-bond donors (Lipinski definition) is 2. The summed E-state index contributed by atoms with van der Waals surface area (Å²) in [5.41, 5.74) is 0. The summed E-state index contributed by atoms with van der Waals surface area (Å²) in [6, 6.07) is 0.477. The van der Waals surface area contributed by atoms with Crippen molar-refractivity contribution < 1.29 is 5.11 Å². The second kappa shape index (κ2) is 4.77. The Kier molecular flexibility index (Phi) is 4.72. The van der Waals surface area contributed by atoms with Crippen LogP contribution in [0.5, 0.6) is 0 Å². The summed E-state index contributed by atoms with van der Waals surface area (Å²) in [5.74, 6) is 0. The van der Waals surface area contributed by atoms with E-state index in [9.17, 15) is 0 Å². The van der Waals surface area contributed by atoms with E-state index >= 15 is 0 Å². The topological polar surface area (TPSA) is 32.3 Å².